The number of para-hydroxylation sites is 1. The fourth-order valence-corrected chi connectivity index (χ4v) is 3.99. The number of hydrogen-bond acceptors (Lipinski definition) is 4. The summed E-state index contributed by atoms with van der Waals surface area (Å²) in [6.07, 6.45) is 1.99. The Morgan fingerprint density at radius 1 is 0.963 bits per heavy atom. The lowest BCUT2D eigenvalue weighted by atomic mass is 10.2. The maximum absolute atomic E-state index is 5.91. The van der Waals surface area contributed by atoms with Crippen LogP contribution in [0.15, 0.2) is 76.9 Å². The van der Waals surface area contributed by atoms with E-state index in [0.717, 1.165) is 44.6 Å². The van der Waals surface area contributed by atoms with E-state index in [0.29, 0.717) is 0 Å². The number of H-pyrrole nitrogens is 1. The van der Waals surface area contributed by atoms with Crippen LogP contribution in [0.5, 0.6) is 0 Å². The van der Waals surface area contributed by atoms with Gasteiger partial charge in [0.25, 0.3) is 5.69 Å². The van der Waals surface area contributed by atoms with Gasteiger partial charge in [-0.15, -0.1) is 11.3 Å². The number of benzene rings is 3. The molecule has 0 atom stereocenters. The zero-order valence-electron chi connectivity index (χ0n) is 14.1. The SMILES string of the molecule is c1ccc2o[n+](-c3ccc4nc(-c5ccc6scnc6c5)[nH]c4c3)cc2c1. The number of imidazole rings is 1. The number of fused-ring (bicyclic) bond motifs is 3. The van der Waals surface area contributed by atoms with E-state index in [2.05, 4.69) is 34.2 Å². The van der Waals surface area contributed by atoms with Crippen LogP contribution in [0.25, 0.3) is 49.3 Å². The van der Waals surface area contributed by atoms with Gasteiger partial charge in [0.05, 0.1) is 32.1 Å². The van der Waals surface area contributed by atoms with E-state index in [1.54, 1.807) is 16.1 Å². The van der Waals surface area contributed by atoms with Gasteiger partial charge in [0.15, 0.2) is 0 Å². The first-order chi connectivity index (χ1) is 13.3. The van der Waals surface area contributed by atoms with Crippen LogP contribution < -0.4 is 4.74 Å². The minimum absolute atomic E-state index is 0.839. The van der Waals surface area contributed by atoms with Crippen molar-refractivity contribution in [3.8, 4) is 17.1 Å². The number of thiazole rings is 1. The van der Waals surface area contributed by atoms with Gasteiger partial charge in [-0.05, 0) is 36.4 Å². The van der Waals surface area contributed by atoms with Crippen molar-refractivity contribution in [1.82, 2.24) is 15.0 Å². The van der Waals surface area contributed by atoms with Crippen molar-refractivity contribution in [3.05, 3.63) is 72.4 Å². The maximum Gasteiger partial charge on any atom is 0.260 e. The third-order valence-corrected chi connectivity index (χ3v) is 5.51. The van der Waals surface area contributed by atoms with E-state index in [-0.39, 0.29) is 0 Å². The molecule has 5 nitrogen and oxygen atoms in total. The number of nitrogens with zero attached hydrogens (tertiary/aromatic N) is 3. The summed E-state index contributed by atoms with van der Waals surface area (Å²) in [6.45, 7) is 0. The molecule has 0 radical (unpaired) electrons. The molecule has 0 fully saturated rings. The van der Waals surface area contributed by atoms with Crippen LogP contribution in [0.3, 0.4) is 0 Å². The molecule has 0 aliphatic carbocycles. The van der Waals surface area contributed by atoms with E-state index in [1.807, 2.05) is 48.1 Å². The highest BCUT2D eigenvalue weighted by Gasteiger charge is 2.16. The smallest absolute Gasteiger partial charge is 0.260 e. The van der Waals surface area contributed by atoms with Crippen LogP contribution in [0.2, 0.25) is 0 Å². The summed E-state index contributed by atoms with van der Waals surface area (Å²) in [5.74, 6) is 0.839. The van der Waals surface area contributed by atoms with Crippen LogP contribution in [-0.4, -0.2) is 15.0 Å². The van der Waals surface area contributed by atoms with Crippen molar-refractivity contribution in [2.24, 2.45) is 0 Å². The second-order valence-corrected chi connectivity index (χ2v) is 7.29. The summed E-state index contributed by atoms with van der Waals surface area (Å²) in [6, 6.07) is 20.3. The molecule has 6 aromatic rings. The molecule has 0 bridgehead atoms. The fourth-order valence-electron chi connectivity index (χ4n) is 3.33. The molecule has 0 spiro atoms. The number of rotatable bonds is 2. The summed E-state index contributed by atoms with van der Waals surface area (Å²) in [4.78, 5) is 12.5. The van der Waals surface area contributed by atoms with Gasteiger partial charge in [-0.1, -0.05) is 12.1 Å². The molecule has 3 heterocycles. The van der Waals surface area contributed by atoms with E-state index >= 15 is 0 Å². The highest BCUT2D eigenvalue weighted by Crippen LogP contribution is 2.26. The second-order valence-electron chi connectivity index (χ2n) is 6.41. The largest absolute Gasteiger partial charge is 0.338 e. The molecule has 0 amide bonds. The van der Waals surface area contributed by atoms with Gasteiger partial charge in [-0.25, -0.2) is 14.5 Å². The topological polar surface area (TPSA) is 58.6 Å². The fraction of sp³-hybridized carbons (Fsp3) is 0. The van der Waals surface area contributed by atoms with E-state index in [1.165, 1.54) is 4.70 Å². The van der Waals surface area contributed by atoms with Crippen LogP contribution in [-0.2, 0) is 0 Å². The summed E-state index contributed by atoms with van der Waals surface area (Å²) >= 11 is 1.64. The minimum Gasteiger partial charge on any atom is -0.338 e. The molecule has 3 aromatic carbocycles. The van der Waals surface area contributed by atoms with Gasteiger partial charge in [0.1, 0.15) is 5.82 Å². The average molecular weight is 369 g/mol. The Balaban J connectivity index is 1.46. The first-order valence-corrected chi connectivity index (χ1v) is 9.46. The third kappa shape index (κ3) is 2.34. The van der Waals surface area contributed by atoms with Crippen LogP contribution in [0.4, 0.5) is 0 Å². The van der Waals surface area contributed by atoms with Gasteiger partial charge >= 0.3 is 0 Å². The Labute approximate surface area is 157 Å². The Morgan fingerprint density at radius 2 is 1.93 bits per heavy atom. The Morgan fingerprint density at radius 3 is 2.89 bits per heavy atom. The van der Waals surface area contributed by atoms with Crippen molar-refractivity contribution in [2.45, 2.75) is 0 Å². The molecule has 128 valence electrons. The lowest BCUT2D eigenvalue weighted by Gasteiger charge is -1.95. The molecule has 6 heteroatoms. The van der Waals surface area contributed by atoms with Crippen molar-refractivity contribution in [2.75, 3.05) is 0 Å². The minimum atomic E-state index is 0.839. The molecular formula is C21H13N4OS+. The van der Waals surface area contributed by atoms with Crippen molar-refractivity contribution >= 4 is 43.6 Å². The molecule has 1 N–H and O–H groups in total. The summed E-state index contributed by atoms with van der Waals surface area (Å²) in [5, 5.41) is 1.07. The average Bonchev–Trinajstić information content (AvgIpc) is 3.42. The third-order valence-electron chi connectivity index (χ3n) is 4.70. The number of aromatic nitrogens is 4. The van der Waals surface area contributed by atoms with Gasteiger partial charge in [-0.2, -0.15) is 0 Å². The molecule has 0 aliphatic rings. The highest BCUT2D eigenvalue weighted by atomic mass is 32.1. The zero-order chi connectivity index (χ0) is 17.8. The maximum atomic E-state index is 5.91. The zero-order valence-corrected chi connectivity index (χ0v) is 14.9. The first-order valence-electron chi connectivity index (χ1n) is 8.58. The molecule has 6 rings (SSSR count). The van der Waals surface area contributed by atoms with E-state index < -0.39 is 0 Å². The first kappa shape index (κ1) is 14.6. The van der Waals surface area contributed by atoms with Crippen molar-refractivity contribution < 1.29 is 9.26 Å². The Kier molecular flexibility index (Phi) is 2.98. The molecule has 0 saturated heterocycles. The van der Waals surface area contributed by atoms with Crippen LogP contribution >= 0.6 is 11.3 Å². The Hall–Kier alpha value is -3.51. The van der Waals surface area contributed by atoms with Gasteiger partial charge < -0.3 is 4.98 Å². The normalized spacial score (nSPS) is 11.7. The molecule has 3 aromatic heterocycles. The van der Waals surface area contributed by atoms with Crippen molar-refractivity contribution in [3.63, 3.8) is 0 Å². The molecule has 0 aliphatic heterocycles. The Bertz CT molecular complexity index is 1410. The van der Waals surface area contributed by atoms with Crippen LogP contribution in [0, 0.1) is 0 Å². The highest BCUT2D eigenvalue weighted by molar-refractivity contribution is 7.16. The standard InChI is InChI=1S/C21H13N4OS/c1-2-4-19-14(3-1)11-25(26-19)15-6-7-16-17(10-15)24-21(23-16)13-5-8-20-18(9-13)22-12-27-20/h1-12H,(H,23,24)/q+1. The van der Waals surface area contributed by atoms with Gasteiger partial charge in [0, 0.05) is 22.4 Å². The predicted octanol–water partition coefficient (Wildman–Crippen LogP) is 4.86. The lowest BCUT2D eigenvalue weighted by Crippen LogP contribution is -2.26. The summed E-state index contributed by atoms with van der Waals surface area (Å²) < 4.78 is 8.87. The lowest BCUT2D eigenvalue weighted by molar-refractivity contribution is -0.779. The van der Waals surface area contributed by atoms with Gasteiger partial charge in [-0.3, -0.25) is 0 Å². The quantitative estimate of drug-likeness (QED) is 0.443. The van der Waals surface area contributed by atoms with Crippen LogP contribution in [0.1, 0.15) is 0 Å². The van der Waals surface area contributed by atoms with E-state index in [4.69, 9.17) is 9.51 Å². The summed E-state index contributed by atoms with van der Waals surface area (Å²) in [5.41, 5.74) is 7.59. The second kappa shape index (κ2) is 5.49. The van der Waals surface area contributed by atoms with Gasteiger partial charge in [0.2, 0.25) is 11.8 Å². The number of nitrogens with one attached hydrogen (secondary N) is 1. The van der Waals surface area contributed by atoms with E-state index in [9.17, 15) is 0 Å². The molecule has 0 unspecified atom stereocenters. The number of aromatic amines is 1. The molecule has 27 heavy (non-hydrogen) atoms. The summed E-state index contributed by atoms with van der Waals surface area (Å²) in [7, 11) is 0. The molecule has 0 saturated carbocycles. The predicted molar refractivity (Wildman–Crippen MR) is 106 cm³/mol. The van der Waals surface area contributed by atoms with Crippen molar-refractivity contribution in [1.29, 1.82) is 0 Å². The monoisotopic (exact) mass is 369 g/mol. The molecular weight excluding hydrogens is 356 g/mol. The number of hydrogen-bond donors (Lipinski definition) is 1.